The number of hydrogen-bond donors (Lipinski definition) is 0. The zero-order chi connectivity index (χ0) is 6.85. The Labute approximate surface area is 58.0 Å². The van der Waals surface area contributed by atoms with Crippen molar-refractivity contribution in [2.75, 3.05) is 0 Å². The molecule has 2 unspecified atom stereocenters. The average Bonchev–Trinajstić information content (AvgIpc) is 2.14. The molecule has 2 atom stereocenters. The normalized spacial score (nSPS) is 34.2. The van der Waals surface area contributed by atoms with Gasteiger partial charge < -0.3 is 0 Å². The molecular weight excluding hydrogens is 108 g/mol. The third kappa shape index (κ3) is 1.57. The first kappa shape index (κ1) is 6.85. The lowest BCUT2D eigenvalue weighted by Crippen LogP contribution is -2.02. The van der Waals surface area contributed by atoms with Crippen molar-refractivity contribution in [1.29, 1.82) is 0 Å². The summed E-state index contributed by atoms with van der Waals surface area (Å²) in [5.41, 5.74) is 0. The van der Waals surface area contributed by atoms with E-state index in [4.69, 9.17) is 0 Å². The van der Waals surface area contributed by atoms with Crippen LogP contribution in [0.5, 0.6) is 0 Å². The zero-order valence-electron chi connectivity index (χ0n) is 6.59. The Morgan fingerprint density at radius 2 is 2.00 bits per heavy atom. The van der Waals surface area contributed by atoms with Crippen molar-refractivity contribution in [3.05, 3.63) is 12.2 Å². The van der Waals surface area contributed by atoms with Gasteiger partial charge >= 0.3 is 0 Å². The van der Waals surface area contributed by atoms with E-state index in [2.05, 4.69) is 32.9 Å². The molecule has 0 saturated heterocycles. The number of allylic oxidation sites excluding steroid dienone is 2. The van der Waals surface area contributed by atoms with Crippen molar-refractivity contribution >= 4 is 0 Å². The summed E-state index contributed by atoms with van der Waals surface area (Å²) < 4.78 is 0. The molecule has 0 aromatic carbocycles. The Balaban J connectivity index is 2.41. The van der Waals surface area contributed by atoms with Crippen LogP contribution in [-0.2, 0) is 0 Å². The molecule has 0 amide bonds. The van der Waals surface area contributed by atoms with Crippen LogP contribution in [-0.4, -0.2) is 0 Å². The van der Waals surface area contributed by atoms with E-state index in [1.54, 1.807) is 0 Å². The fourth-order valence-electron chi connectivity index (χ4n) is 1.41. The lowest BCUT2D eigenvalue weighted by Gasteiger charge is -2.12. The van der Waals surface area contributed by atoms with Crippen molar-refractivity contribution in [3.8, 4) is 0 Å². The second-order valence-electron chi connectivity index (χ2n) is 3.51. The molecule has 0 aromatic heterocycles. The minimum Gasteiger partial charge on any atom is -0.0854 e. The van der Waals surface area contributed by atoms with Gasteiger partial charge in [-0.3, -0.25) is 0 Å². The maximum absolute atomic E-state index is 2.37. The first-order valence-electron chi connectivity index (χ1n) is 3.88. The molecular formula is C9H16. The van der Waals surface area contributed by atoms with Crippen LogP contribution < -0.4 is 0 Å². The Morgan fingerprint density at radius 1 is 1.33 bits per heavy atom. The molecule has 0 heterocycles. The second kappa shape index (κ2) is 2.55. The molecule has 0 bridgehead atoms. The topological polar surface area (TPSA) is 0 Å². The Kier molecular flexibility index (Phi) is 1.94. The predicted molar refractivity (Wildman–Crippen MR) is 41.2 cm³/mol. The van der Waals surface area contributed by atoms with E-state index < -0.39 is 0 Å². The molecule has 0 aromatic rings. The summed E-state index contributed by atoms with van der Waals surface area (Å²) in [6, 6.07) is 0. The van der Waals surface area contributed by atoms with Crippen LogP contribution in [0.2, 0.25) is 0 Å². The molecule has 1 rings (SSSR count). The van der Waals surface area contributed by atoms with Crippen LogP contribution in [0.4, 0.5) is 0 Å². The van der Waals surface area contributed by atoms with Crippen molar-refractivity contribution in [3.63, 3.8) is 0 Å². The molecule has 9 heavy (non-hydrogen) atoms. The van der Waals surface area contributed by atoms with Crippen molar-refractivity contribution in [1.82, 2.24) is 0 Å². The van der Waals surface area contributed by atoms with Crippen LogP contribution in [0.3, 0.4) is 0 Å². The van der Waals surface area contributed by atoms with Crippen LogP contribution in [0, 0.1) is 17.8 Å². The molecule has 0 fully saturated rings. The van der Waals surface area contributed by atoms with Crippen molar-refractivity contribution < 1.29 is 0 Å². The summed E-state index contributed by atoms with van der Waals surface area (Å²) >= 11 is 0. The van der Waals surface area contributed by atoms with Gasteiger partial charge in [-0.25, -0.2) is 0 Å². The monoisotopic (exact) mass is 124 g/mol. The molecule has 0 radical (unpaired) electrons. The average molecular weight is 124 g/mol. The minimum absolute atomic E-state index is 0.831. The van der Waals surface area contributed by atoms with Crippen LogP contribution in [0.1, 0.15) is 27.2 Å². The lowest BCUT2D eigenvalue weighted by molar-refractivity contribution is 0.425. The second-order valence-corrected chi connectivity index (χ2v) is 3.51. The van der Waals surface area contributed by atoms with Gasteiger partial charge in [0.05, 0.1) is 0 Å². The Hall–Kier alpha value is -0.260. The van der Waals surface area contributed by atoms with Crippen LogP contribution >= 0.6 is 0 Å². The third-order valence-corrected chi connectivity index (χ3v) is 2.19. The minimum atomic E-state index is 0.831. The van der Waals surface area contributed by atoms with Gasteiger partial charge in [0.25, 0.3) is 0 Å². The quantitative estimate of drug-likeness (QED) is 0.471. The van der Waals surface area contributed by atoms with Crippen molar-refractivity contribution in [2.45, 2.75) is 27.2 Å². The molecule has 52 valence electrons. The van der Waals surface area contributed by atoms with E-state index in [0.717, 1.165) is 17.8 Å². The van der Waals surface area contributed by atoms with Gasteiger partial charge in [0.2, 0.25) is 0 Å². The van der Waals surface area contributed by atoms with Gasteiger partial charge in [0, 0.05) is 0 Å². The van der Waals surface area contributed by atoms with Crippen LogP contribution in [0.15, 0.2) is 12.2 Å². The highest BCUT2D eigenvalue weighted by molar-refractivity contribution is 5.01. The van der Waals surface area contributed by atoms with Gasteiger partial charge in [0.15, 0.2) is 0 Å². The summed E-state index contributed by atoms with van der Waals surface area (Å²) in [7, 11) is 0. The Morgan fingerprint density at radius 3 is 2.22 bits per heavy atom. The lowest BCUT2D eigenvalue weighted by atomic mass is 9.93. The standard InChI is InChI=1S/C9H16/c1-7(2)9-5-4-8(3)6-9/h4-5,7-9H,6H2,1-3H3. The van der Waals surface area contributed by atoms with Gasteiger partial charge in [-0.15, -0.1) is 0 Å². The number of hydrogen-bond acceptors (Lipinski definition) is 0. The molecule has 0 saturated carbocycles. The molecule has 0 spiro atoms. The fraction of sp³-hybridized carbons (Fsp3) is 0.778. The predicted octanol–water partition coefficient (Wildman–Crippen LogP) is 2.85. The summed E-state index contributed by atoms with van der Waals surface area (Å²) in [5.74, 6) is 2.53. The molecule has 0 heteroatoms. The summed E-state index contributed by atoms with van der Waals surface area (Å²) in [4.78, 5) is 0. The van der Waals surface area contributed by atoms with Gasteiger partial charge in [-0.2, -0.15) is 0 Å². The molecule has 0 aliphatic heterocycles. The fourth-order valence-corrected chi connectivity index (χ4v) is 1.41. The maximum Gasteiger partial charge on any atom is -0.0205 e. The van der Waals surface area contributed by atoms with E-state index in [1.807, 2.05) is 0 Å². The first-order valence-corrected chi connectivity index (χ1v) is 3.88. The highest BCUT2D eigenvalue weighted by Crippen LogP contribution is 2.28. The van der Waals surface area contributed by atoms with E-state index in [-0.39, 0.29) is 0 Å². The van der Waals surface area contributed by atoms with Crippen LogP contribution in [0.25, 0.3) is 0 Å². The molecule has 0 N–H and O–H groups in total. The molecule has 0 nitrogen and oxygen atoms in total. The van der Waals surface area contributed by atoms with Gasteiger partial charge in [-0.05, 0) is 24.2 Å². The largest absolute Gasteiger partial charge is 0.0854 e. The maximum atomic E-state index is 2.37. The summed E-state index contributed by atoms with van der Waals surface area (Å²) in [5, 5.41) is 0. The smallest absolute Gasteiger partial charge is 0.0205 e. The highest BCUT2D eigenvalue weighted by atomic mass is 14.2. The van der Waals surface area contributed by atoms with Gasteiger partial charge in [-0.1, -0.05) is 32.9 Å². The number of rotatable bonds is 1. The van der Waals surface area contributed by atoms with E-state index in [9.17, 15) is 0 Å². The molecule has 1 aliphatic rings. The van der Waals surface area contributed by atoms with Gasteiger partial charge in [0.1, 0.15) is 0 Å². The SMILES string of the molecule is CC1C=CC(C(C)C)C1. The third-order valence-electron chi connectivity index (χ3n) is 2.19. The van der Waals surface area contributed by atoms with E-state index in [0.29, 0.717) is 0 Å². The summed E-state index contributed by atoms with van der Waals surface area (Å²) in [6.45, 7) is 6.89. The summed E-state index contributed by atoms with van der Waals surface area (Å²) in [6.07, 6.45) is 6.08. The Bertz CT molecular complexity index is 111. The highest BCUT2D eigenvalue weighted by Gasteiger charge is 2.17. The van der Waals surface area contributed by atoms with E-state index >= 15 is 0 Å². The van der Waals surface area contributed by atoms with E-state index in [1.165, 1.54) is 6.42 Å². The first-order chi connectivity index (χ1) is 4.20. The molecule has 1 aliphatic carbocycles. The van der Waals surface area contributed by atoms with Crippen molar-refractivity contribution in [2.24, 2.45) is 17.8 Å². The zero-order valence-corrected chi connectivity index (χ0v) is 6.59.